The molecule has 0 saturated heterocycles. The average molecular weight is 621 g/mol. The minimum Gasteiger partial charge on any atom is -0.492 e. The van der Waals surface area contributed by atoms with Gasteiger partial charge < -0.3 is 52.3 Å². The van der Waals surface area contributed by atoms with E-state index in [1.165, 1.54) is 23.1 Å². The number of aliphatic hydroxyl groups is 2. The Morgan fingerprint density at radius 1 is 1.18 bits per heavy atom. The first-order valence-corrected chi connectivity index (χ1v) is 13.4. The van der Waals surface area contributed by atoms with E-state index in [2.05, 4.69) is 30.9 Å². The molecule has 0 radical (unpaired) electrons. The molecule has 1 aromatic carbocycles. The second kappa shape index (κ2) is 11.6. The summed E-state index contributed by atoms with van der Waals surface area (Å²) in [6, 6.07) is 1.78. The van der Waals surface area contributed by atoms with Gasteiger partial charge in [-0.1, -0.05) is 6.07 Å². The first-order valence-electron chi connectivity index (χ1n) is 13.4. The number of aromatic amines is 2. The van der Waals surface area contributed by atoms with Crippen LogP contribution in [-0.2, 0) is 5.92 Å². The van der Waals surface area contributed by atoms with Gasteiger partial charge in [-0.2, -0.15) is 0 Å². The van der Waals surface area contributed by atoms with Crippen molar-refractivity contribution in [2.24, 2.45) is 21.5 Å². The maximum atomic E-state index is 14.4. The van der Waals surface area contributed by atoms with Crippen LogP contribution < -0.4 is 43.4 Å². The van der Waals surface area contributed by atoms with Gasteiger partial charge in [-0.3, -0.25) is 19.4 Å². The van der Waals surface area contributed by atoms with Crippen LogP contribution in [-0.4, -0.2) is 106 Å². The van der Waals surface area contributed by atoms with E-state index < -0.39 is 78.0 Å². The molecule has 236 valence electrons. The zero-order chi connectivity index (χ0) is 31.8. The smallest absolute Gasteiger partial charge is 0.326 e. The number of carbonyl (C=O) groups excluding carboxylic acids is 2. The number of fused-ring (bicyclic) bond motifs is 2. The summed E-state index contributed by atoms with van der Waals surface area (Å²) in [7, 11) is 0. The van der Waals surface area contributed by atoms with Crippen LogP contribution in [0.4, 0.5) is 8.78 Å². The number of para-hydroxylation sites is 1. The third kappa shape index (κ3) is 5.53. The zero-order valence-corrected chi connectivity index (χ0v) is 23.0. The summed E-state index contributed by atoms with van der Waals surface area (Å²) in [5.41, 5.74) is 8.18. The van der Waals surface area contributed by atoms with Crippen molar-refractivity contribution >= 4 is 23.7 Å². The van der Waals surface area contributed by atoms with Crippen LogP contribution in [0.2, 0.25) is 0 Å². The molecule has 3 aliphatic heterocycles. The summed E-state index contributed by atoms with van der Waals surface area (Å²) in [4.78, 5) is 63.1. The Morgan fingerprint density at radius 3 is 2.66 bits per heavy atom. The number of benzene rings is 1. The molecule has 0 saturated carbocycles. The lowest BCUT2D eigenvalue weighted by molar-refractivity contribution is -0.0406. The summed E-state index contributed by atoms with van der Waals surface area (Å²) < 4.78 is 34.2. The number of hydrogen-bond acceptors (Lipinski definition) is 13. The molecule has 1 aromatic heterocycles. The fourth-order valence-electron chi connectivity index (χ4n) is 5.45. The van der Waals surface area contributed by atoms with E-state index in [4.69, 9.17) is 16.2 Å². The second-order valence-corrected chi connectivity index (χ2v) is 10.4. The summed E-state index contributed by atoms with van der Waals surface area (Å²) in [5, 5.41) is 28.7. The predicted molar refractivity (Wildman–Crippen MR) is 149 cm³/mol. The van der Waals surface area contributed by atoms with Crippen molar-refractivity contribution in [3.63, 3.8) is 0 Å². The molecule has 2 aromatic rings. The Bertz CT molecular complexity index is 1620. The number of guanidine groups is 2. The van der Waals surface area contributed by atoms with E-state index in [1.807, 2.05) is 4.98 Å². The number of aromatic nitrogens is 2. The van der Waals surface area contributed by atoms with Crippen molar-refractivity contribution in [1.29, 1.82) is 0 Å². The third-order valence-corrected chi connectivity index (χ3v) is 7.53. The van der Waals surface area contributed by atoms with Crippen LogP contribution in [0.3, 0.4) is 0 Å². The molecule has 3 aliphatic rings. The van der Waals surface area contributed by atoms with E-state index in [-0.39, 0.29) is 48.6 Å². The molecule has 5 rings (SSSR count). The summed E-state index contributed by atoms with van der Waals surface area (Å²) in [5.74, 6) is -5.29. The van der Waals surface area contributed by atoms with Gasteiger partial charge in [-0.15, -0.1) is 0 Å². The van der Waals surface area contributed by atoms with Crippen molar-refractivity contribution in [1.82, 2.24) is 30.8 Å². The molecule has 17 nitrogen and oxygen atoms in total. The zero-order valence-electron chi connectivity index (χ0n) is 23.0. The fraction of sp³-hybridized carbons (Fsp3) is 0.440. The first-order chi connectivity index (χ1) is 20.9. The Morgan fingerprint density at radius 2 is 1.95 bits per heavy atom. The second-order valence-electron chi connectivity index (χ2n) is 10.4. The lowest BCUT2D eigenvalue weighted by Gasteiger charge is -2.49. The lowest BCUT2D eigenvalue weighted by Crippen LogP contribution is -2.75. The van der Waals surface area contributed by atoms with Gasteiger partial charge in [0.15, 0.2) is 17.6 Å². The lowest BCUT2D eigenvalue weighted by atomic mass is 9.91. The minimum absolute atomic E-state index is 0.0900. The number of aliphatic imine (C=N–C) groups is 2. The number of halogens is 2. The maximum absolute atomic E-state index is 14.4. The van der Waals surface area contributed by atoms with Crippen molar-refractivity contribution in [2.45, 2.75) is 36.1 Å². The third-order valence-electron chi connectivity index (χ3n) is 7.53. The molecule has 0 bridgehead atoms. The SMILES string of the molecule is NC1=NC2[C@H](CNC(=O)c3cc(=O)[nH]c(=O)[nH]3)N=C(N)N(CC(CO)NC(=O)c3cccc4c3OCCC4(F)F)[C@@]2(CO)N1. The number of carbonyl (C=O) groups is 2. The van der Waals surface area contributed by atoms with Gasteiger partial charge in [0.2, 0.25) is 0 Å². The largest absolute Gasteiger partial charge is 0.492 e. The highest BCUT2D eigenvalue weighted by Gasteiger charge is 2.55. The molecule has 4 heterocycles. The fourth-order valence-corrected chi connectivity index (χ4v) is 5.45. The molecule has 2 amide bonds. The highest BCUT2D eigenvalue weighted by atomic mass is 19.3. The van der Waals surface area contributed by atoms with Gasteiger partial charge in [0.25, 0.3) is 23.3 Å². The Balaban J connectivity index is 1.36. The van der Waals surface area contributed by atoms with Crippen molar-refractivity contribution in [3.8, 4) is 5.75 Å². The van der Waals surface area contributed by atoms with E-state index >= 15 is 0 Å². The van der Waals surface area contributed by atoms with Crippen LogP contribution in [0.5, 0.6) is 5.75 Å². The molecule has 2 unspecified atom stereocenters. The highest BCUT2D eigenvalue weighted by molar-refractivity contribution is 5.98. The number of H-pyrrole nitrogens is 2. The first kappa shape index (κ1) is 30.4. The Hall–Kier alpha value is -5.04. The normalized spacial score (nSPS) is 24.0. The number of nitrogens with one attached hydrogen (secondary N) is 5. The number of nitrogens with zero attached hydrogens (tertiary/aromatic N) is 3. The topological polar surface area (TPSA) is 266 Å². The number of aliphatic hydroxyl groups excluding tert-OH is 2. The highest BCUT2D eigenvalue weighted by Crippen LogP contribution is 2.43. The van der Waals surface area contributed by atoms with E-state index in [1.54, 1.807) is 0 Å². The van der Waals surface area contributed by atoms with E-state index in [0.29, 0.717) is 0 Å². The number of hydrogen-bond donors (Lipinski definition) is 9. The number of ether oxygens (including phenoxy) is 1. The predicted octanol–water partition coefficient (Wildman–Crippen LogP) is -3.57. The molecular formula is C25H30F2N10O7. The quantitative estimate of drug-likeness (QED) is 0.132. The molecule has 0 aliphatic carbocycles. The standard InChI is InChI=1S/C25H30F2N10O7/c26-24(27)4-5-44-17-12(2-1-3-13(17)24)19(41)31-11(9-38)8-37-22(29)32-15(18-25(37,10-39)36-21(28)35-18)7-30-20(42)14-6-16(40)34-23(43)33-14/h1-3,6,11,15,18,38-39H,4-5,7-10H2,(H2,29,32)(H,30,42)(H,31,41)(H3,28,35,36)(H2,33,34,40,43)/t11?,15-,18?,25+/m0/s1. The maximum Gasteiger partial charge on any atom is 0.326 e. The Kier molecular flexibility index (Phi) is 8.00. The monoisotopic (exact) mass is 620 g/mol. The minimum atomic E-state index is -3.18. The van der Waals surface area contributed by atoms with Crippen molar-refractivity contribution < 1.29 is 33.3 Å². The van der Waals surface area contributed by atoms with Gasteiger partial charge in [-0.25, -0.2) is 23.6 Å². The number of rotatable bonds is 9. The van der Waals surface area contributed by atoms with Gasteiger partial charge in [0, 0.05) is 19.2 Å². The molecule has 19 heteroatoms. The molecule has 0 spiro atoms. The summed E-state index contributed by atoms with van der Waals surface area (Å²) in [6.45, 7) is -2.02. The van der Waals surface area contributed by atoms with Crippen LogP contribution >= 0.6 is 0 Å². The van der Waals surface area contributed by atoms with Crippen LogP contribution in [0.25, 0.3) is 0 Å². The summed E-state index contributed by atoms with van der Waals surface area (Å²) >= 11 is 0. The average Bonchev–Trinajstić information content (AvgIpc) is 3.33. The van der Waals surface area contributed by atoms with E-state index in [0.717, 1.165) is 6.07 Å². The van der Waals surface area contributed by atoms with Gasteiger partial charge in [0.1, 0.15) is 17.5 Å². The van der Waals surface area contributed by atoms with Crippen LogP contribution in [0.15, 0.2) is 43.8 Å². The van der Waals surface area contributed by atoms with Gasteiger partial charge in [-0.05, 0) is 12.1 Å². The van der Waals surface area contributed by atoms with E-state index in [9.17, 15) is 38.2 Å². The van der Waals surface area contributed by atoms with Crippen LogP contribution in [0.1, 0.15) is 32.8 Å². The van der Waals surface area contributed by atoms with Crippen molar-refractivity contribution in [2.75, 3.05) is 32.9 Å². The number of nitrogens with two attached hydrogens (primary N) is 2. The number of alkyl halides is 2. The van der Waals surface area contributed by atoms with Gasteiger partial charge in [0.05, 0.1) is 49.5 Å². The molecule has 4 atom stereocenters. The molecule has 11 N–H and O–H groups in total. The van der Waals surface area contributed by atoms with Crippen LogP contribution in [0, 0.1) is 0 Å². The molecule has 44 heavy (non-hydrogen) atoms. The Labute approximate surface area is 246 Å². The molecular weight excluding hydrogens is 590 g/mol. The molecule has 0 fully saturated rings. The summed E-state index contributed by atoms with van der Waals surface area (Å²) in [6.07, 6.45) is -0.531. The van der Waals surface area contributed by atoms with Gasteiger partial charge >= 0.3 is 5.69 Å². The number of amides is 2. The van der Waals surface area contributed by atoms with Crippen molar-refractivity contribution in [3.05, 3.63) is 61.9 Å².